The van der Waals surface area contributed by atoms with Crippen molar-refractivity contribution in [2.45, 2.75) is 31.0 Å². The zero-order valence-electron chi connectivity index (χ0n) is 19.4. The molecular weight excluding hydrogens is 488 g/mol. The van der Waals surface area contributed by atoms with E-state index in [2.05, 4.69) is 10.3 Å². The largest absolute Gasteiger partial charge is 0.416 e. The molecule has 0 aliphatic carbocycles. The average molecular weight is 513 g/mol. The van der Waals surface area contributed by atoms with Crippen LogP contribution in [0.2, 0.25) is 5.02 Å². The molecule has 0 spiro atoms. The highest BCUT2D eigenvalue weighted by atomic mass is 35.5. The number of alkyl halides is 3. The van der Waals surface area contributed by atoms with E-state index in [0.717, 1.165) is 36.1 Å². The lowest BCUT2D eigenvalue weighted by molar-refractivity contribution is -0.137. The summed E-state index contributed by atoms with van der Waals surface area (Å²) in [6.45, 7) is 0.462. The predicted octanol–water partition coefficient (Wildman–Crippen LogP) is 7.60. The maximum Gasteiger partial charge on any atom is 0.416 e. The number of nitrogens with zero attached hydrogens (tertiary/aromatic N) is 1. The highest BCUT2D eigenvalue weighted by Gasteiger charge is 2.39. The molecule has 1 aromatic heterocycles. The monoisotopic (exact) mass is 512 g/mol. The van der Waals surface area contributed by atoms with Crippen LogP contribution in [-0.4, -0.2) is 11.5 Å². The van der Waals surface area contributed by atoms with Crippen molar-refractivity contribution in [1.82, 2.24) is 10.3 Å². The molecule has 2 nitrogen and oxygen atoms in total. The summed E-state index contributed by atoms with van der Waals surface area (Å²) >= 11 is 6.08. The summed E-state index contributed by atoms with van der Waals surface area (Å²) < 4.78 is 55.7. The summed E-state index contributed by atoms with van der Waals surface area (Å²) in [5.74, 6) is -0.961. The number of nitrogens with one attached hydrogen (secondary N) is 1. The molecule has 0 aliphatic rings. The zero-order chi connectivity index (χ0) is 25.6. The Labute approximate surface area is 213 Å². The second-order valence-electron chi connectivity index (χ2n) is 8.67. The first kappa shape index (κ1) is 25.9. The Morgan fingerprint density at radius 1 is 0.778 bits per heavy atom. The van der Waals surface area contributed by atoms with Gasteiger partial charge in [0, 0.05) is 12.6 Å². The van der Waals surface area contributed by atoms with E-state index in [9.17, 15) is 17.6 Å². The molecule has 0 fully saturated rings. The third-order valence-corrected chi connectivity index (χ3v) is 6.33. The van der Waals surface area contributed by atoms with E-state index >= 15 is 0 Å². The minimum Gasteiger partial charge on any atom is -0.302 e. The molecule has 1 heterocycles. The summed E-state index contributed by atoms with van der Waals surface area (Å²) in [6.07, 6.45) is -1.49. The third kappa shape index (κ3) is 6.31. The number of hydrogen-bond acceptors (Lipinski definition) is 2. The van der Waals surface area contributed by atoms with Crippen LogP contribution in [0.4, 0.5) is 17.6 Å². The molecule has 3 aromatic carbocycles. The van der Waals surface area contributed by atoms with Crippen molar-refractivity contribution in [3.63, 3.8) is 0 Å². The van der Waals surface area contributed by atoms with E-state index in [1.807, 2.05) is 60.7 Å². The number of benzene rings is 3. The van der Waals surface area contributed by atoms with Crippen molar-refractivity contribution < 1.29 is 17.6 Å². The molecule has 1 N–H and O–H groups in total. The van der Waals surface area contributed by atoms with E-state index in [-0.39, 0.29) is 12.0 Å². The smallest absolute Gasteiger partial charge is 0.302 e. The lowest BCUT2D eigenvalue weighted by atomic mass is 9.79. The minimum atomic E-state index is -4.70. The Kier molecular flexibility index (Phi) is 8.07. The van der Waals surface area contributed by atoms with Crippen LogP contribution in [0, 0.1) is 5.82 Å². The topological polar surface area (TPSA) is 24.9 Å². The van der Waals surface area contributed by atoms with Gasteiger partial charge in [0.15, 0.2) is 0 Å². The van der Waals surface area contributed by atoms with Crippen LogP contribution >= 0.6 is 11.6 Å². The van der Waals surface area contributed by atoms with Crippen molar-refractivity contribution in [2.24, 2.45) is 0 Å². The van der Waals surface area contributed by atoms with Gasteiger partial charge in [0.2, 0.25) is 0 Å². The Balaban J connectivity index is 1.80. The Morgan fingerprint density at radius 2 is 1.42 bits per heavy atom. The first-order chi connectivity index (χ1) is 17.3. The van der Waals surface area contributed by atoms with Gasteiger partial charge >= 0.3 is 6.18 Å². The van der Waals surface area contributed by atoms with Gasteiger partial charge in [-0.15, -0.1) is 0 Å². The molecule has 0 saturated heterocycles. The van der Waals surface area contributed by atoms with Crippen LogP contribution in [0.5, 0.6) is 0 Å². The van der Waals surface area contributed by atoms with Gasteiger partial charge in [-0.25, -0.2) is 4.39 Å². The molecule has 0 saturated carbocycles. The normalized spacial score (nSPS) is 13.4. The summed E-state index contributed by atoms with van der Waals surface area (Å²) in [5.41, 5.74) is 0.341. The molecular formula is C29H25ClF4N2. The van der Waals surface area contributed by atoms with Crippen molar-refractivity contribution in [3.8, 4) is 0 Å². The summed E-state index contributed by atoms with van der Waals surface area (Å²) in [5, 5.41) is 3.87. The van der Waals surface area contributed by atoms with Crippen molar-refractivity contribution >= 4 is 11.6 Å². The summed E-state index contributed by atoms with van der Waals surface area (Å²) in [6, 6.07) is 25.3. The molecule has 36 heavy (non-hydrogen) atoms. The molecule has 186 valence electrons. The van der Waals surface area contributed by atoms with Crippen LogP contribution in [0.1, 0.15) is 34.4 Å². The molecule has 1 atom stereocenters. The quantitative estimate of drug-likeness (QED) is 0.184. The number of halogens is 5. The lowest BCUT2D eigenvalue weighted by Crippen LogP contribution is -2.47. The lowest BCUT2D eigenvalue weighted by Gasteiger charge is -2.36. The maximum absolute atomic E-state index is 14.6. The van der Waals surface area contributed by atoms with E-state index in [1.54, 1.807) is 12.1 Å². The van der Waals surface area contributed by atoms with Gasteiger partial charge < -0.3 is 5.32 Å². The molecule has 0 radical (unpaired) electrons. The number of rotatable bonds is 9. The Bertz CT molecular complexity index is 1260. The van der Waals surface area contributed by atoms with Gasteiger partial charge in [-0.1, -0.05) is 72.3 Å². The predicted molar refractivity (Wildman–Crippen MR) is 134 cm³/mol. The Hall–Kier alpha value is -3.22. The van der Waals surface area contributed by atoms with Gasteiger partial charge in [-0.3, -0.25) is 4.98 Å². The van der Waals surface area contributed by atoms with Gasteiger partial charge in [-0.2, -0.15) is 13.2 Å². The van der Waals surface area contributed by atoms with Gasteiger partial charge in [0.1, 0.15) is 5.82 Å². The Morgan fingerprint density at radius 3 is 2.03 bits per heavy atom. The number of hydrogen-bond donors (Lipinski definition) is 1. The number of pyridine rings is 1. The standard InChI is InChI=1S/C29H25ClF4N2/c30-25-13-14-27(35-20-25)28(19-22-10-5-2-6-11-22,36-15-7-12-21-8-3-1-4-9-21)23-16-24(29(32,33)34)18-26(31)17-23/h1-6,8-11,13-14,16-18,20,36H,7,12,15,19H2. The fourth-order valence-corrected chi connectivity index (χ4v) is 4.48. The highest BCUT2D eigenvalue weighted by molar-refractivity contribution is 6.30. The number of aromatic nitrogens is 1. The number of aryl methyl sites for hydroxylation is 1. The van der Waals surface area contributed by atoms with Crippen molar-refractivity contribution in [2.75, 3.05) is 6.54 Å². The van der Waals surface area contributed by atoms with Crippen LogP contribution in [0.25, 0.3) is 0 Å². The van der Waals surface area contributed by atoms with Crippen LogP contribution in [0.3, 0.4) is 0 Å². The van der Waals surface area contributed by atoms with Gasteiger partial charge in [0.05, 0.1) is 21.8 Å². The molecule has 4 aromatic rings. The van der Waals surface area contributed by atoms with E-state index in [4.69, 9.17) is 11.6 Å². The van der Waals surface area contributed by atoms with Gasteiger partial charge in [-0.05, 0) is 66.4 Å². The first-order valence-corrected chi connectivity index (χ1v) is 12.0. The van der Waals surface area contributed by atoms with E-state index in [1.165, 1.54) is 6.20 Å². The van der Waals surface area contributed by atoms with Crippen LogP contribution < -0.4 is 5.32 Å². The fourth-order valence-electron chi connectivity index (χ4n) is 4.36. The first-order valence-electron chi connectivity index (χ1n) is 11.6. The van der Waals surface area contributed by atoms with E-state index in [0.29, 0.717) is 23.3 Å². The average Bonchev–Trinajstić information content (AvgIpc) is 2.87. The van der Waals surface area contributed by atoms with Crippen molar-refractivity contribution in [3.05, 3.63) is 136 Å². The summed E-state index contributed by atoms with van der Waals surface area (Å²) in [4.78, 5) is 4.48. The molecule has 0 amide bonds. The second-order valence-corrected chi connectivity index (χ2v) is 9.11. The second kappa shape index (κ2) is 11.2. The maximum atomic E-state index is 14.6. The zero-order valence-corrected chi connectivity index (χ0v) is 20.2. The molecule has 4 rings (SSSR count). The molecule has 7 heteroatoms. The minimum absolute atomic E-state index is 0.146. The van der Waals surface area contributed by atoms with Crippen LogP contribution in [-0.2, 0) is 24.6 Å². The van der Waals surface area contributed by atoms with Crippen molar-refractivity contribution in [1.29, 1.82) is 0 Å². The molecule has 0 aliphatic heterocycles. The molecule has 0 bridgehead atoms. The molecule has 1 unspecified atom stereocenters. The fraction of sp³-hybridized carbons (Fsp3) is 0.207. The van der Waals surface area contributed by atoms with Gasteiger partial charge in [0.25, 0.3) is 0 Å². The SMILES string of the molecule is Fc1cc(C(F)(F)F)cc(C(Cc2ccccc2)(NCCCc2ccccc2)c2ccc(Cl)cn2)c1. The van der Waals surface area contributed by atoms with E-state index < -0.39 is 23.1 Å². The van der Waals surface area contributed by atoms with Crippen LogP contribution in [0.15, 0.2) is 97.2 Å². The third-order valence-electron chi connectivity index (χ3n) is 6.11. The highest BCUT2D eigenvalue weighted by Crippen LogP contribution is 2.37. The summed E-state index contributed by atoms with van der Waals surface area (Å²) in [7, 11) is 0.